The number of hydrogen-bond acceptors (Lipinski definition) is 4. The number of nitrogens with zero attached hydrogens (tertiary/aromatic N) is 3. The van der Waals surface area contributed by atoms with E-state index in [1.807, 2.05) is 17.9 Å². The van der Waals surface area contributed by atoms with Crippen molar-refractivity contribution in [3.63, 3.8) is 0 Å². The summed E-state index contributed by atoms with van der Waals surface area (Å²) in [7, 11) is 0. The molecule has 1 aliphatic carbocycles. The molecule has 27 heavy (non-hydrogen) atoms. The normalized spacial score (nSPS) is 25.3. The maximum Gasteiger partial charge on any atom is 0.274 e. The number of H-pyrrole nitrogens is 1. The van der Waals surface area contributed by atoms with Crippen molar-refractivity contribution >= 4 is 5.91 Å². The average Bonchev–Trinajstić information content (AvgIpc) is 3.44. The van der Waals surface area contributed by atoms with E-state index in [0.717, 1.165) is 37.7 Å². The predicted octanol–water partition coefficient (Wildman–Crippen LogP) is 2.99. The van der Waals surface area contributed by atoms with Crippen molar-refractivity contribution in [1.82, 2.24) is 20.0 Å². The molecule has 0 unspecified atom stereocenters. The van der Waals surface area contributed by atoms with Crippen molar-refractivity contribution in [2.75, 3.05) is 32.8 Å². The van der Waals surface area contributed by atoms with Gasteiger partial charge >= 0.3 is 0 Å². The van der Waals surface area contributed by atoms with Crippen LogP contribution >= 0.6 is 0 Å². The van der Waals surface area contributed by atoms with Crippen LogP contribution < -0.4 is 0 Å². The van der Waals surface area contributed by atoms with Crippen molar-refractivity contribution in [2.45, 2.75) is 70.4 Å². The van der Waals surface area contributed by atoms with Crippen molar-refractivity contribution in [2.24, 2.45) is 5.92 Å². The lowest BCUT2D eigenvalue weighted by atomic mass is 9.94. The first-order valence-corrected chi connectivity index (χ1v) is 10.9. The predicted molar refractivity (Wildman–Crippen MR) is 105 cm³/mol. The van der Waals surface area contributed by atoms with E-state index in [2.05, 4.69) is 15.1 Å². The van der Waals surface area contributed by atoms with Crippen LogP contribution in [0.1, 0.15) is 67.5 Å². The fourth-order valence-electron chi connectivity index (χ4n) is 5.05. The number of aromatic nitrogens is 2. The second kappa shape index (κ2) is 8.74. The molecule has 4 rings (SSSR count). The van der Waals surface area contributed by atoms with Crippen LogP contribution in [0.15, 0.2) is 6.07 Å². The van der Waals surface area contributed by atoms with Crippen LogP contribution in [0.5, 0.6) is 0 Å². The fraction of sp³-hybridized carbons (Fsp3) is 0.810. The maximum atomic E-state index is 13.1. The first-order valence-electron chi connectivity index (χ1n) is 10.9. The van der Waals surface area contributed by atoms with E-state index in [-0.39, 0.29) is 12.0 Å². The molecule has 1 amide bonds. The molecule has 1 saturated carbocycles. The van der Waals surface area contributed by atoms with E-state index < -0.39 is 0 Å². The summed E-state index contributed by atoms with van der Waals surface area (Å²) in [6.07, 6.45) is 10.3. The Morgan fingerprint density at radius 2 is 1.96 bits per heavy atom. The van der Waals surface area contributed by atoms with Gasteiger partial charge in [-0.1, -0.05) is 12.8 Å². The second-order valence-corrected chi connectivity index (χ2v) is 8.70. The average molecular weight is 375 g/mol. The van der Waals surface area contributed by atoms with Crippen LogP contribution in [0.4, 0.5) is 0 Å². The van der Waals surface area contributed by atoms with Gasteiger partial charge in [0.05, 0.1) is 6.10 Å². The number of aryl methyl sites for hydroxylation is 1. The molecule has 1 N–H and O–H groups in total. The molecule has 1 aromatic rings. The van der Waals surface area contributed by atoms with Gasteiger partial charge in [-0.05, 0) is 70.5 Å². The number of likely N-dealkylation sites (tertiary alicyclic amines) is 1. The summed E-state index contributed by atoms with van der Waals surface area (Å²) in [5.41, 5.74) is 1.47. The lowest BCUT2D eigenvalue weighted by molar-refractivity contribution is 0.0425. The first-order chi connectivity index (χ1) is 13.2. The quantitative estimate of drug-likeness (QED) is 0.831. The molecule has 2 aliphatic heterocycles. The van der Waals surface area contributed by atoms with E-state index in [0.29, 0.717) is 18.2 Å². The number of rotatable bonds is 6. The van der Waals surface area contributed by atoms with Crippen LogP contribution in [0, 0.1) is 12.8 Å². The topological polar surface area (TPSA) is 61.5 Å². The van der Waals surface area contributed by atoms with Gasteiger partial charge in [0.2, 0.25) is 0 Å². The highest BCUT2D eigenvalue weighted by Crippen LogP contribution is 2.28. The number of carbonyl (C=O) groups excluding carboxylic acids is 1. The minimum atomic E-state index is 0.0491. The van der Waals surface area contributed by atoms with Gasteiger partial charge < -0.3 is 14.5 Å². The van der Waals surface area contributed by atoms with E-state index in [1.165, 1.54) is 51.6 Å². The van der Waals surface area contributed by atoms with Crippen LogP contribution in [0.3, 0.4) is 0 Å². The Morgan fingerprint density at radius 1 is 1.19 bits per heavy atom. The number of amides is 1. The molecule has 6 heteroatoms. The molecule has 0 aromatic carbocycles. The lowest BCUT2D eigenvalue weighted by Gasteiger charge is -2.38. The SMILES string of the molecule is Cc1cc(C(=O)N(CC2CCN(C3CCCC3)CC2)C[C@@H]2CCCO2)n[nH]1. The van der Waals surface area contributed by atoms with E-state index >= 15 is 0 Å². The molecule has 1 atom stereocenters. The standard InChI is InChI=1S/C21H34N4O2/c1-16-13-20(23-22-16)21(26)25(15-19-7-4-12-27-19)14-17-8-10-24(11-9-17)18-5-2-3-6-18/h13,17-19H,2-12,14-15H2,1H3,(H,22,23)/t19-/m0/s1. The molecule has 2 saturated heterocycles. The summed E-state index contributed by atoms with van der Waals surface area (Å²) in [4.78, 5) is 17.8. The molecule has 1 aromatic heterocycles. The summed E-state index contributed by atoms with van der Waals surface area (Å²) >= 11 is 0. The van der Waals surface area contributed by atoms with Crippen molar-refractivity contribution in [1.29, 1.82) is 0 Å². The summed E-state index contributed by atoms with van der Waals surface area (Å²) < 4.78 is 5.82. The minimum Gasteiger partial charge on any atom is -0.376 e. The summed E-state index contributed by atoms with van der Waals surface area (Å²) in [6, 6.07) is 2.68. The number of hydrogen-bond donors (Lipinski definition) is 1. The van der Waals surface area contributed by atoms with E-state index in [4.69, 9.17) is 4.74 Å². The van der Waals surface area contributed by atoms with Gasteiger partial charge in [-0.3, -0.25) is 9.89 Å². The zero-order valence-corrected chi connectivity index (χ0v) is 16.7. The van der Waals surface area contributed by atoms with Crippen LogP contribution in [0.25, 0.3) is 0 Å². The summed E-state index contributed by atoms with van der Waals surface area (Å²) in [6.45, 7) is 6.69. The third kappa shape index (κ3) is 4.72. The fourth-order valence-corrected chi connectivity index (χ4v) is 5.05. The molecular formula is C21H34N4O2. The van der Waals surface area contributed by atoms with Gasteiger partial charge in [0.1, 0.15) is 5.69 Å². The minimum absolute atomic E-state index is 0.0491. The molecule has 0 bridgehead atoms. The number of aromatic amines is 1. The Hall–Kier alpha value is -1.40. The number of carbonyl (C=O) groups is 1. The van der Waals surface area contributed by atoms with E-state index in [9.17, 15) is 4.79 Å². The van der Waals surface area contributed by atoms with Gasteiger partial charge in [0.15, 0.2) is 0 Å². The summed E-state index contributed by atoms with van der Waals surface area (Å²) in [5, 5.41) is 7.11. The highest BCUT2D eigenvalue weighted by Gasteiger charge is 2.31. The van der Waals surface area contributed by atoms with Gasteiger partial charge in [-0.25, -0.2) is 0 Å². The highest BCUT2D eigenvalue weighted by atomic mass is 16.5. The van der Waals surface area contributed by atoms with Crippen molar-refractivity contribution in [3.8, 4) is 0 Å². The molecule has 3 aliphatic rings. The van der Waals surface area contributed by atoms with Crippen LogP contribution in [-0.4, -0.2) is 70.8 Å². The summed E-state index contributed by atoms with van der Waals surface area (Å²) in [5.74, 6) is 0.640. The van der Waals surface area contributed by atoms with Crippen molar-refractivity contribution in [3.05, 3.63) is 17.5 Å². The van der Waals surface area contributed by atoms with Gasteiger partial charge in [-0.15, -0.1) is 0 Å². The molecule has 150 valence electrons. The van der Waals surface area contributed by atoms with Gasteiger partial charge in [-0.2, -0.15) is 5.10 Å². The largest absolute Gasteiger partial charge is 0.376 e. The molecule has 3 fully saturated rings. The van der Waals surface area contributed by atoms with Crippen LogP contribution in [0.2, 0.25) is 0 Å². The Balaban J connectivity index is 1.36. The second-order valence-electron chi connectivity index (χ2n) is 8.70. The molecular weight excluding hydrogens is 340 g/mol. The third-order valence-electron chi connectivity index (χ3n) is 6.63. The zero-order valence-electron chi connectivity index (χ0n) is 16.7. The monoisotopic (exact) mass is 374 g/mol. The molecule has 0 radical (unpaired) electrons. The smallest absolute Gasteiger partial charge is 0.274 e. The number of nitrogens with one attached hydrogen (secondary N) is 1. The van der Waals surface area contributed by atoms with Crippen LogP contribution in [-0.2, 0) is 4.74 Å². The molecule has 0 spiro atoms. The van der Waals surface area contributed by atoms with Gasteiger partial charge in [0, 0.05) is 31.4 Å². The maximum absolute atomic E-state index is 13.1. The Bertz CT molecular complexity index is 611. The highest BCUT2D eigenvalue weighted by molar-refractivity contribution is 5.92. The third-order valence-corrected chi connectivity index (χ3v) is 6.63. The zero-order chi connectivity index (χ0) is 18.6. The van der Waals surface area contributed by atoms with Crippen molar-refractivity contribution < 1.29 is 9.53 Å². The number of ether oxygens (including phenoxy) is 1. The lowest BCUT2D eigenvalue weighted by Crippen LogP contribution is -2.45. The van der Waals surface area contributed by atoms with E-state index in [1.54, 1.807) is 0 Å². The Labute approximate surface area is 162 Å². The molecule has 3 heterocycles. The molecule has 6 nitrogen and oxygen atoms in total. The Morgan fingerprint density at radius 3 is 2.59 bits per heavy atom. The number of piperidine rings is 1. The Kier molecular flexibility index (Phi) is 6.13. The van der Waals surface area contributed by atoms with Gasteiger partial charge in [0.25, 0.3) is 5.91 Å². The first kappa shape index (κ1) is 18.9.